The fourth-order valence-corrected chi connectivity index (χ4v) is 1.92. The predicted molar refractivity (Wildman–Crippen MR) is 82.1 cm³/mol. The topological polar surface area (TPSA) is 54.0 Å². The molecule has 2 rings (SSSR count). The van der Waals surface area contributed by atoms with Crippen LogP contribution >= 0.6 is 0 Å². The SMILES string of the molecule is CCCNc1ncc(F)cc1C(=O)Nc1cccc(C)c1. The number of aromatic nitrogens is 1. The summed E-state index contributed by atoms with van der Waals surface area (Å²) in [6, 6.07) is 8.62. The summed E-state index contributed by atoms with van der Waals surface area (Å²) >= 11 is 0. The van der Waals surface area contributed by atoms with Crippen molar-refractivity contribution in [3.63, 3.8) is 0 Å². The van der Waals surface area contributed by atoms with E-state index in [-0.39, 0.29) is 11.5 Å². The van der Waals surface area contributed by atoms with E-state index in [0.29, 0.717) is 18.1 Å². The van der Waals surface area contributed by atoms with Crippen LogP contribution in [0.15, 0.2) is 36.5 Å². The lowest BCUT2D eigenvalue weighted by Gasteiger charge is -2.11. The molecule has 0 spiro atoms. The average molecular weight is 287 g/mol. The summed E-state index contributed by atoms with van der Waals surface area (Å²) in [4.78, 5) is 16.3. The molecule has 1 aromatic carbocycles. The molecule has 0 aliphatic heterocycles. The third-order valence-electron chi connectivity index (χ3n) is 2.92. The summed E-state index contributed by atoms with van der Waals surface area (Å²) < 4.78 is 13.4. The van der Waals surface area contributed by atoms with E-state index in [9.17, 15) is 9.18 Å². The standard InChI is InChI=1S/C16H18FN3O/c1-3-7-18-15-14(9-12(17)10-19-15)16(21)20-13-6-4-5-11(2)8-13/h4-6,8-10H,3,7H2,1-2H3,(H,18,19)(H,20,21). The van der Waals surface area contributed by atoms with Gasteiger partial charge in [-0.25, -0.2) is 9.37 Å². The number of nitrogens with one attached hydrogen (secondary N) is 2. The summed E-state index contributed by atoms with van der Waals surface area (Å²) in [5.41, 5.74) is 1.91. The Bertz CT molecular complexity index is 643. The third kappa shape index (κ3) is 4.02. The van der Waals surface area contributed by atoms with Gasteiger partial charge in [-0.3, -0.25) is 4.79 Å². The van der Waals surface area contributed by atoms with Gasteiger partial charge in [-0.15, -0.1) is 0 Å². The second kappa shape index (κ2) is 6.83. The Balaban J connectivity index is 2.23. The van der Waals surface area contributed by atoms with Gasteiger partial charge in [-0.05, 0) is 37.1 Å². The minimum absolute atomic E-state index is 0.199. The monoisotopic (exact) mass is 287 g/mol. The van der Waals surface area contributed by atoms with Crippen molar-refractivity contribution in [3.8, 4) is 0 Å². The number of hydrogen-bond donors (Lipinski definition) is 2. The Morgan fingerprint density at radius 3 is 2.86 bits per heavy atom. The number of carbonyl (C=O) groups is 1. The minimum Gasteiger partial charge on any atom is -0.369 e. The molecule has 0 atom stereocenters. The fraction of sp³-hybridized carbons (Fsp3) is 0.250. The van der Waals surface area contributed by atoms with Crippen molar-refractivity contribution in [1.82, 2.24) is 4.98 Å². The molecule has 0 fully saturated rings. The number of rotatable bonds is 5. The summed E-state index contributed by atoms with van der Waals surface area (Å²) in [5.74, 6) is -0.527. The number of nitrogens with zero attached hydrogens (tertiary/aromatic N) is 1. The summed E-state index contributed by atoms with van der Waals surface area (Å²) in [6.07, 6.45) is 1.99. The van der Waals surface area contributed by atoms with Crippen molar-refractivity contribution >= 4 is 17.4 Å². The molecule has 2 aromatic rings. The van der Waals surface area contributed by atoms with Crippen LogP contribution in [0.5, 0.6) is 0 Å². The van der Waals surface area contributed by atoms with Gasteiger partial charge in [-0.1, -0.05) is 19.1 Å². The van der Waals surface area contributed by atoms with Crippen LogP contribution in [0, 0.1) is 12.7 Å². The van der Waals surface area contributed by atoms with E-state index < -0.39 is 5.82 Å². The summed E-state index contributed by atoms with van der Waals surface area (Å²) in [5, 5.41) is 5.79. The molecule has 0 unspecified atom stereocenters. The number of halogens is 1. The zero-order chi connectivity index (χ0) is 15.2. The number of pyridine rings is 1. The number of amides is 1. The molecule has 5 heteroatoms. The number of carbonyl (C=O) groups excluding carboxylic acids is 1. The second-order valence-corrected chi connectivity index (χ2v) is 4.80. The van der Waals surface area contributed by atoms with E-state index >= 15 is 0 Å². The molecule has 1 aromatic heterocycles. The number of benzene rings is 1. The zero-order valence-electron chi connectivity index (χ0n) is 12.1. The van der Waals surface area contributed by atoms with Crippen molar-refractivity contribution in [2.45, 2.75) is 20.3 Å². The van der Waals surface area contributed by atoms with Crippen LogP contribution in [0.1, 0.15) is 29.3 Å². The first-order valence-corrected chi connectivity index (χ1v) is 6.87. The van der Waals surface area contributed by atoms with E-state index in [1.807, 2.05) is 32.0 Å². The van der Waals surface area contributed by atoms with Crippen LogP contribution in [0.3, 0.4) is 0 Å². The Morgan fingerprint density at radius 1 is 1.33 bits per heavy atom. The molecule has 110 valence electrons. The maximum atomic E-state index is 13.4. The fourth-order valence-electron chi connectivity index (χ4n) is 1.92. The van der Waals surface area contributed by atoms with Crippen LogP contribution in [-0.4, -0.2) is 17.4 Å². The largest absolute Gasteiger partial charge is 0.369 e. The molecular formula is C16H18FN3O. The molecule has 0 aliphatic carbocycles. The molecule has 1 heterocycles. The highest BCUT2D eigenvalue weighted by Gasteiger charge is 2.14. The molecule has 1 amide bonds. The van der Waals surface area contributed by atoms with E-state index in [4.69, 9.17) is 0 Å². The van der Waals surface area contributed by atoms with Crippen LogP contribution in [0.4, 0.5) is 15.9 Å². The zero-order valence-corrected chi connectivity index (χ0v) is 12.1. The lowest BCUT2D eigenvalue weighted by molar-refractivity contribution is 0.102. The molecule has 0 radical (unpaired) electrons. The summed E-state index contributed by atoms with van der Waals surface area (Å²) in [7, 11) is 0. The van der Waals surface area contributed by atoms with Gasteiger partial charge in [0.2, 0.25) is 0 Å². The quantitative estimate of drug-likeness (QED) is 0.883. The van der Waals surface area contributed by atoms with Gasteiger partial charge in [0, 0.05) is 12.2 Å². The first-order chi connectivity index (χ1) is 10.1. The Kier molecular flexibility index (Phi) is 4.87. The van der Waals surface area contributed by atoms with Gasteiger partial charge < -0.3 is 10.6 Å². The smallest absolute Gasteiger partial charge is 0.259 e. The number of aryl methyl sites for hydroxylation is 1. The van der Waals surface area contributed by atoms with E-state index in [1.54, 1.807) is 6.07 Å². The Hall–Kier alpha value is -2.43. The summed E-state index contributed by atoms with van der Waals surface area (Å²) in [6.45, 7) is 4.61. The van der Waals surface area contributed by atoms with Gasteiger partial charge in [0.25, 0.3) is 5.91 Å². The van der Waals surface area contributed by atoms with E-state index in [1.165, 1.54) is 6.07 Å². The van der Waals surface area contributed by atoms with Gasteiger partial charge in [0.05, 0.1) is 11.8 Å². The Morgan fingerprint density at radius 2 is 2.14 bits per heavy atom. The third-order valence-corrected chi connectivity index (χ3v) is 2.92. The van der Waals surface area contributed by atoms with Gasteiger partial charge in [-0.2, -0.15) is 0 Å². The van der Waals surface area contributed by atoms with E-state index in [2.05, 4.69) is 15.6 Å². The first-order valence-electron chi connectivity index (χ1n) is 6.87. The van der Waals surface area contributed by atoms with E-state index in [0.717, 1.165) is 18.2 Å². The maximum absolute atomic E-state index is 13.4. The highest BCUT2D eigenvalue weighted by Crippen LogP contribution is 2.17. The normalized spacial score (nSPS) is 10.2. The molecule has 21 heavy (non-hydrogen) atoms. The molecule has 4 nitrogen and oxygen atoms in total. The highest BCUT2D eigenvalue weighted by molar-refractivity contribution is 6.07. The molecule has 0 bridgehead atoms. The van der Waals surface area contributed by atoms with Gasteiger partial charge in [0.1, 0.15) is 11.6 Å². The van der Waals surface area contributed by atoms with Crippen LogP contribution in [0.2, 0.25) is 0 Å². The first kappa shape index (κ1) is 15.0. The Labute approximate surface area is 123 Å². The van der Waals surface area contributed by atoms with Crippen LogP contribution in [0.25, 0.3) is 0 Å². The predicted octanol–water partition coefficient (Wildman–Crippen LogP) is 3.60. The van der Waals surface area contributed by atoms with Gasteiger partial charge in [0.15, 0.2) is 0 Å². The van der Waals surface area contributed by atoms with Crippen molar-refractivity contribution in [2.24, 2.45) is 0 Å². The molecular weight excluding hydrogens is 269 g/mol. The van der Waals surface area contributed by atoms with Crippen molar-refractivity contribution < 1.29 is 9.18 Å². The van der Waals surface area contributed by atoms with Crippen molar-refractivity contribution in [1.29, 1.82) is 0 Å². The molecule has 2 N–H and O–H groups in total. The van der Waals surface area contributed by atoms with Crippen LogP contribution in [-0.2, 0) is 0 Å². The minimum atomic E-state index is -0.536. The average Bonchev–Trinajstić information content (AvgIpc) is 2.46. The number of hydrogen-bond acceptors (Lipinski definition) is 3. The molecule has 0 saturated carbocycles. The van der Waals surface area contributed by atoms with Crippen molar-refractivity contribution in [3.05, 3.63) is 53.5 Å². The molecule has 0 aliphatic rings. The lowest BCUT2D eigenvalue weighted by atomic mass is 10.2. The van der Waals surface area contributed by atoms with Crippen molar-refractivity contribution in [2.75, 3.05) is 17.2 Å². The van der Waals surface area contributed by atoms with Gasteiger partial charge >= 0.3 is 0 Å². The molecule has 0 saturated heterocycles. The maximum Gasteiger partial charge on any atom is 0.259 e. The second-order valence-electron chi connectivity index (χ2n) is 4.80. The lowest BCUT2D eigenvalue weighted by Crippen LogP contribution is -2.16. The number of anilines is 2. The van der Waals surface area contributed by atoms with Crippen LogP contribution < -0.4 is 10.6 Å². The highest BCUT2D eigenvalue weighted by atomic mass is 19.1.